The minimum atomic E-state index is -0.146. The van der Waals surface area contributed by atoms with Crippen molar-refractivity contribution in [2.24, 2.45) is 0 Å². The van der Waals surface area contributed by atoms with Gasteiger partial charge in [-0.2, -0.15) is 11.8 Å². The minimum Gasteiger partial charge on any atom is -0.313 e. The number of rotatable bonds is 8. The molecule has 0 fully saturated rings. The highest BCUT2D eigenvalue weighted by molar-refractivity contribution is 7.98. The van der Waals surface area contributed by atoms with Gasteiger partial charge in [-0.15, -0.1) is 0 Å². The quantitative estimate of drug-likeness (QED) is 0.710. The van der Waals surface area contributed by atoms with Gasteiger partial charge < -0.3 is 5.32 Å². The van der Waals surface area contributed by atoms with Gasteiger partial charge >= 0.3 is 0 Å². The zero-order valence-corrected chi connectivity index (χ0v) is 11.6. The van der Waals surface area contributed by atoms with E-state index in [1.165, 1.54) is 31.1 Å². The lowest BCUT2D eigenvalue weighted by molar-refractivity contribution is 0.604. The van der Waals surface area contributed by atoms with Crippen LogP contribution >= 0.6 is 11.8 Å². The Morgan fingerprint density at radius 2 is 2.06 bits per heavy atom. The average molecular weight is 255 g/mol. The Morgan fingerprint density at radius 3 is 2.82 bits per heavy atom. The van der Waals surface area contributed by atoms with Crippen LogP contribution in [0, 0.1) is 12.7 Å². The van der Waals surface area contributed by atoms with E-state index in [0.29, 0.717) is 0 Å². The molecule has 0 saturated heterocycles. The van der Waals surface area contributed by atoms with Gasteiger partial charge in [-0.05, 0) is 61.6 Å². The van der Waals surface area contributed by atoms with Crippen molar-refractivity contribution in [2.45, 2.75) is 32.7 Å². The second-order valence-electron chi connectivity index (χ2n) is 4.30. The maximum absolute atomic E-state index is 13.0. The largest absolute Gasteiger partial charge is 0.313 e. The Labute approximate surface area is 108 Å². The summed E-state index contributed by atoms with van der Waals surface area (Å²) in [6, 6.07) is 4.97. The van der Waals surface area contributed by atoms with E-state index < -0.39 is 0 Å². The molecule has 0 unspecified atom stereocenters. The van der Waals surface area contributed by atoms with Crippen LogP contribution in [-0.4, -0.2) is 18.6 Å². The van der Waals surface area contributed by atoms with Gasteiger partial charge in [0.05, 0.1) is 0 Å². The van der Waals surface area contributed by atoms with Gasteiger partial charge in [0.2, 0.25) is 0 Å². The van der Waals surface area contributed by atoms with Crippen LogP contribution in [0.1, 0.15) is 30.4 Å². The summed E-state index contributed by atoms with van der Waals surface area (Å²) in [6.07, 6.45) is 5.91. The molecule has 0 amide bonds. The van der Waals surface area contributed by atoms with Gasteiger partial charge in [0, 0.05) is 6.54 Å². The molecule has 0 saturated carbocycles. The van der Waals surface area contributed by atoms with Crippen LogP contribution < -0.4 is 5.32 Å². The highest BCUT2D eigenvalue weighted by Gasteiger charge is 1.99. The van der Waals surface area contributed by atoms with Crippen molar-refractivity contribution < 1.29 is 4.39 Å². The molecule has 1 rings (SSSR count). The van der Waals surface area contributed by atoms with Crippen LogP contribution in [0.2, 0.25) is 0 Å². The average Bonchev–Trinajstić information content (AvgIpc) is 2.32. The number of unbranched alkanes of at least 4 members (excludes halogenated alkanes) is 2. The monoisotopic (exact) mass is 255 g/mol. The lowest BCUT2D eigenvalue weighted by Gasteiger charge is -2.07. The predicted octanol–water partition coefficient (Wildman–Crippen LogP) is 3.76. The first-order valence-electron chi connectivity index (χ1n) is 6.18. The highest BCUT2D eigenvalue weighted by atomic mass is 32.2. The number of nitrogens with one attached hydrogen (secondary N) is 1. The van der Waals surface area contributed by atoms with Crippen LogP contribution in [0.25, 0.3) is 0 Å². The normalized spacial score (nSPS) is 10.8. The molecule has 0 aliphatic carbocycles. The molecule has 3 heteroatoms. The summed E-state index contributed by atoms with van der Waals surface area (Å²) in [5, 5.41) is 3.37. The van der Waals surface area contributed by atoms with Crippen molar-refractivity contribution in [2.75, 3.05) is 18.6 Å². The van der Waals surface area contributed by atoms with Gasteiger partial charge in [0.1, 0.15) is 5.82 Å². The zero-order chi connectivity index (χ0) is 12.5. The summed E-state index contributed by atoms with van der Waals surface area (Å²) in [6.45, 7) is 3.81. The van der Waals surface area contributed by atoms with Crippen molar-refractivity contribution in [3.05, 3.63) is 35.1 Å². The molecular formula is C14H22FNS. The van der Waals surface area contributed by atoms with E-state index in [1.807, 2.05) is 24.8 Å². The molecule has 96 valence electrons. The number of thioether (sulfide) groups is 1. The summed E-state index contributed by atoms with van der Waals surface area (Å²) in [4.78, 5) is 0. The zero-order valence-electron chi connectivity index (χ0n) is 10.8. The molecule has 0 bridgehead atoms. The Kier molecular flexibility index (Phi) is 7.29. The van der Waals surface area contributed by atoms with E-state index in [1.54, 1.807) is 6.07 Å². The summed E-state index contributed by atoms with van der Waals surface area (Å²) < 4.78 is 13.0. The first-order valence-corrected chi connectivity index (χ1v) is 7.58. The van der Waals surface area contributed by atoms with Crippen LogP contribution in [-0.2, 0) is 6.54 Å². The lowest BCUT2D eigenvalue weighted by atomic mass is 10.1. The topological polar surface area (TPSA) is 12.0 Å². The van der Waals surface area contributed by atoms with E-state index in [2.05, 4.69) is 11.6 Å². The summed E-state index contributed by atoms with van der Waals surface area (Å²) in [5.74, 6) is 1.11. The third-order valence-electron chi connectivity index (χ3n) is 2.83. The van der Waals surface area contributed by atoms with Gasteiger partial charge in [0.15, 0.2) is 0 Å². The molecule has 0 atom stereocenters. The Hall–Kier alpha value is -0.540. The third-order valence-corrected chi connectivity index (χ3v) is 3.53. The molecule has 1 nitrogen and oxygen atoms in total. The summed E-state index contributed by atoms with van der Waals surface area (Å²) >= 11 is 1.90. The van der Waals surface area contributed by atoms with Crippen molar-refractivity contribution in [1.29, 1.82) is 0 Å². The molecule has 0 heterocycles. The Bertz CT molecular complexity index is 328. The van der Waals surface area contributed by atoms with E-state index >= 15 is 0 Å². The molecule has 0 spiro atoms. The maximum atomic E-state index is 13.0. The van der Waals surface area contributed by atoms with Gasteiger partial charge in [-0.25, -0.2) is 4.39 Å². The van der Waals surface area contributed by atoms with E-state index in [9.17, 15) is 4.39 Å². The Balaban J connectivity index is 2.15. The third kappa shape index (κ3) is 6.08. The van der Waals surface area contributed by atoms with Crippen molar-refractivity contribution in [3.63, 3.8) is 0 Å². The summed E-state index contributed by atoms with van der Waals surface area (Å²) in [5.41, 5.74) is 2.22. The molecule has 0 aromatic heterocycles. The van der Waals surface area contributed by atoms with Gasteiger partial charge in [-0.1, -0.05) is 12.5 Å². The van der Waals surface area contributed by atoms with Crippen molar-refractivity contribution in [1.82, 2.24) is 5.32 Å². The van der Waals surface area contributed by atoms with Crippen LogP contribution in [0.4, 0.5) is 4.39 Å². The van der Waals surface area contributed by atoms with Gasteiger partial charge in [-0.3, -0.25) is 0 Å². The van der Waals surface area contributed by atoms with Crippen molar-refractivity contribution in [3.8, 4) is 0 Å². The van der Waals surface area contributed by atoms with E-state index in [4.69, 9.17) is 0 Å². The fourth-order valence-corrected chi connectivity index (χ4v) is 2.22. The van der Waals surface area contributed by atoms with E-state index in [-0.39, 0.29) is 5.82 Å². The number of benzene rings is 1. The number of hydrogen-bond donors (Lipinski definition) is 1. The van der Waals surface area contributed by atoms with Crippen LogP contribution in [0.15, 0.2) is 18.2 Å². The van der Waals surface area contributed by atoms with Gasteiger partial charge in [0.25, 0.3) is 0 Å². The molecule has 0 aliphatic rings. The fraction of sp³-hybridized carbons (Fsp3) is 0.571. The molecule has 0 aliphatic heterocycles. The molecular weight excluding hydrogens is 233 g/mol. The van der Waals surface area contributed by atoms with Crippen molar-refractivity contribution >= 4 is 11.8 Å². The number of hydrogen-bond acceptors (Lipinski definition) is 2. The smallest absolute Gasteiger partial charge is 0.123 e. The Morgan fingerprint density at radius 1 is 1.24 bits per heavy atom. The SMILES string of the molecule is CSCCCCCNCc1cc(F)ccc1C. The fourth-order valence-electron chi connectivity index (χ4n) is 1.73. The summed E-state index contributed by atoms with van der Waals surface area (Å²) in [7, 11) is 0. The second kappa shape index (κ2) is 8.54. The van der Waals surface area contributed by atoms with Crippen LogP contribution in [0.5, 0.6) is 0 Å². The number of halogens is 1. The number of aryl methyl sites for hydroxylation is 1. The first-order chi connectivity index (χ1) is 8.24. The van der Waals surface area contributed by atoms with E-state index in [0.717, 1.165) is 24.2 Å². The molecule has 1 aromatic carbocycles. The molecule has 17 heavy (non-hydrogen) atoms. The molecule has 1 N–H and O–H groups in total. The second-order valence-corrected chi connectivity index (χ2v) is 5.29. The predicted molar refractivity (Wildman–Crippen MR) is 75.1 cm³/mol. The molecule has 0 radical (unpaired) electrons. The lowest BCUT2D eigenvalue weighted by Crippen LogP contribution is -2.15. The standard InChI is InChI=1S/C14H22FNS/c1-12-6-7-14(15)10-13(12)11-16-8-4-3-5-9-17-2/h6-7,10,16H,3-5,8-9,11H2,1-2H3. The highest BCUT2D eigenvalue weighted by Crippen LogP contribution is 2.09. The molecule has 1 aromatic rings. The maximum Gasteiger partial charge on any atom is 0.123 e. The van der Waals surface area contributed by atoms with Crippen LogP contribution in [0.3, 0.4) is 0 Å². The minimum absolute atomic E-state index is 0.146. The first kappa shape index (κ1) is 14.5.